The summed E-state index contributed by atoms with van der Waals surface area (Å²) in [4.78, 5) is 4.77. The van der Waals surface area contributed by atoms with E-state index in [9.17, 15) is 0 Å². The molecule has 3 aromatic carbocycles. The normalized spacial score (nSPS) is 11.1. The van der Waals surface area contributed by atoms with Crippen LogP contribution in [0.5, 0.6) is 5.75 Å². The minimum Gasteiger partial charge on any atom is -0.490 e. The number of hydrogen-bond donors (Lipinski definition) is 0. The first-order chi connectivity index (χ1) is 13.1. The lowest BCUT2D eigenvalue weighted by atomic mass is 10.2. The maximum atomic E-state index is 6.43. The molecule has 0 atom stereocenters. The molecule has 0 aliphatic rings. The van der Waals surface area contributed by atoms with Crippen LogP contribution in [0.25, 0.3) is 22.4 Å². The lowest BCUT2D eigenvalue weighted by Gasteiger charge is -2.12. The van der Waals surface area contributed by atoms with Gasteiger partial charge in [-0.1, -0.05) is 59.1 Å². The largest absolute Gasteiger partial charge is 0.490 e. The van der Waals surface area contributed by atoms with E-state index in [1.807, 2.05) is 60.7 Å². The number of ether oxygens (including phenoxy) is 1. The van der Waals surface area contributed by atoms with Crippen molar-refractivity contribution in [2.45, 2.75) is 6.54 Å². The number of para-hydroxylation sites is 3. The first kappa shape index (κ1) is 18.2. The van der Waals surface area contributed by atoms with Gasteiger partial charge in [-0.25, -0.2) is 4.98 Å². The van der Waals surface area contributed by atoms with Crippen LogP contribution in [-0.4, -0.2) is 16.2 Å². The van der Waals surface area contributed by atoms with Crippen molar-refractivity contribution in [3.63, 3.8) is 0 Å². The third-order valence-corrected chi connectivity index (χ3v) is 5.10. The zero-order valence-corrected chi connectivity index (χ0v) is 16.5. The van der Waals surface area contributed by atoms with Gasteiger partial charge in [-0.15, -0.1) is 0 Å². The Morgan fingerprint density at radius 3 is 2.44 bits per heavy atom. The van der Waals surface area contributed by atoms with Crippen LogP contribution in [0.3, 0.4) is 0 Å². The van der Waals surface area contributed by atoms with Gasteiger partial charge < -0.3 is 9.30 Å². The Morgan fingerprint density at radius 2 is 1.63 bits per heavy atom. The maximum absolute atomic E-state index is 6.43. The molecule has 0 radical (unpaired) electrons. The summed E-state index contributed by atoms with van der Waals surface area (Å²) >= 11 is 18.6. The molecule has 0 N–H and O–H groups in total. The molecule has 0 saturated heterocycles. The van der Waals surface area contributed by atoms with E-state index in [0.29, 0.717) is 34.0 Å². The Bertz CT molecular complexity index is 1110. The summed E-state index contributed by atoms with van der Waals surface area (Å²) < 4.78 is 7.96. The van der Waals surface area contributed by atoms with Crippen molar-refractivity contribution in [1.29, 1.82) is 0 Å². The molecule has 0 aliphatic carbocycles. The molecular weight excluding hydrogens is 403 g/mol. The molecule has 1 aromatic heterocycles. The molecular formula is C21H15Cl3N2O. The third-order valence-electron chi connectivity index (χ3n) is 4.24. The van der Waals surface area contributed by atoms with Gasteiger partial charge in [-0.2, -0.15) is 0 Å². The average Bonchev–Trinajstić information content (AvgIpc) is 3.02. The van der Waals surface area contributed by atoms with Crippen LogP contribution in [0.4, 0.5) is 0 Å². The van der Waals surface area contributed by atoms with Crippen LogP contribution < -0.4 is 4.74 Å². The number of benzene rings is 3. The van der Waals surface area contributed by atoms with Crippen molar-refractivity contribution in [2.24, 2.45) is 0 Å². The summed E-state index contributed by atoms with van der Waals surface area (Å²) in [6.07, 6.45) is 0. The molecule has 0 unspecified atom stereocenters. The minimum absolute atomic E-state index is 0.447. The third kappa shape index (κ3) is 3.77. The smallest absolute Gasteiger partial charge is 0.142 e. The molecule has 3 nitrogen and oxygen atoms in total. The van der Waals surface area contributed by atoms with E-state index in [-0.39, 0.29) is 0 Å². The molecule has 6 heteroatoms. The van der Waals surface area contributed by atoms with E-state index in [1.165, 1.54) is 0 Å². The highest BCUT2D eigenvalue weighted by Crippen LogP contribution is 2.32. The summed E-state index contributed by atoms with van der Waals surface area (Å²) in [5, 5.41) is 1.74. The summed E-state index contributed by atoms with van der Waals surface area (Å²) in [5.41, 5.74) is 2.74. The lowest BCUT2D eigenvalue weighted by Crippen LogP contribution is -2.09. The minimum atomic E-state index is 0.447. The lowest BCUT2D eigenvalue weighted by molar-refractivity contribution is 0.301. The fraction of sp³-hybridized carbons (Fsp3) is 0.0952. The Hall–Kier alpha value is -2.20. The monoisotopic (exact) mass is 416 g/mol. The summed E-state index contributed by atoms with van der Waals surface area (Å²) in [5.74, 6) is 1.44. The quantitative estimate of drug-likeness (QED) is 0.359. The molecule has 0 spiro atoms. The van der Waals surface area contributed by atoms with Gasteiger partial charge >= 0.3 is 0 Å². The first-order valence-electron chi connectivity index (χ1n) is 8.41. The average molecular weight is 418 g/mol. The second kappa shape index (κ2) is 7.81. The van der Waals surface area contributed by atoms with Gasteiger partial charge in [0.05, 0.1) is 27.6 Å². The molecule has 4 rings (SSSR count). The molecule has 27 heavy (non-hydrogen) atoms. The maximum Gasteiger partial charge on any atom is 0.142 e. The SMILES string of the molecule is Clc1ccc(-c2nc3ccccc3n2CCOc2ccccc2Cl)c(Cl)c1. The number of fused-ring (bicyclic) bond motifs is 1. The van der Waals surface area contributed by atoms with E-state index < -0.39 is 0 Å². The summed E-state index contributed by atoms with van der Waals surface area (Å²) in [6.45, 7) is 1.04. The Kier molecular flexibility index (Phi) is 5.26. The Morgan fingerprint density at radius 1 is 0.852 bits per heavy atom. The standard InChI is InChI=1S/C21H15Cl3N2O/c22-14-9-10-15(17(24)13-14)21-25-18-6-2-3-7-19(18)26(21)11-12-27-20-8-4-1-5-16(20)23/h1-10,13H,11-12H2. The van der Waals surface area contributed by atoms with Crippen LogP contribution >= 0.6 is 34.8 Å². The highest BCUT2D eigenvalue weighted by molar-refractivity contribution is 6.36. The summed E-state index contributed by atoms with van der Waals surface area (Å²) in [7, 11) is 0. The van der Waals surface area contributed by atoms with Crippen LogP contribution in [0.1, 0.15) is 0 Å². The van der Waals surface area contributed by atoms with E-state index in [1.54, 1.807) is 6.07 Å². The highest BCUT2D eigenvalue weighted by atomic mass is 35.5. The van der Waals surface area contributed by atoms with Gasteiger partial charge in [0.15, 0.2) is 0 Å². The molecule has 1 heterocycles. The van der Waals surface area contributed by atoms with Crippen LogP contribution in [-0.2, 0) is 6.54 Å². The zero-order valence-electron chi connectivity index (χ0n) is 14.2. The predicted molar refractivity (Wildman–Crippen MR) is 112 cm³/mol. The topological polar surface area (TPSA) is 27.1 Å². The van der Waals surface area contributed by atoms with E-state index >= 15 is 0 Å². The fourth-order valence-electron chi connectivity index (χ4n) is 2.99. The second-order valence-corrected chi connectivity index (χ2v) is 7.23. The number of rotatable bonds is 5. The number of imidazole rings is 1. The number of nitrogens with zero attached hydrogens (tertiary/aromatic N) is 2. The molecule has 0 amide bonds. The van der Waals surface area contributed by atoms with Crippen molar-refractivity contribution in [3.05, 3.63) is 81.8 Å². The van der Waals surface area contributed by atoms with Gasteiger partial charge in [-0.05, 0) is 42.5 Å². The van der Waals surface area contributed by atoms with Crippen molar-refractivity contribution in [3.8, 4) is 17.1 Å². The van der Waals surface area contributed by atoms with Crippen LogP contribution in [0.2, 0.25) is 15.1 Å². The number of aromatic nitrogens is 2. The van der Waals surface area contributed by atoms with Crippen molar-refractivity contribution in [2.75, 3.05) is 6.61 Å². The molecule has 0 fully saturated rings. The number of hydrogen-bond acceptors (Lipinski definition) is 2. The second-order valence-electron chi connectivity index (χ2n) is 5.98. The van der Waals surface area contributed by atoms with E-state index in [0.717, 1.165) is 22.4 Å². The number of halogens is 3. The van der Waals surface area contributed by atoms with Gasteiger partial charge in [-0.3, -0.25) is 0 Å². The first-order valence-corrected chi connectivity index (χ1v) is 9.55. The molecule has 0 bridgehead atoms. The van der Waals surface area contributed by atoms with Crippen LogP contribution in [0, 0.1) is 0 Å². The van der Waals surface area contributed by atoms with Gasteiger partial charge in [0.2, 0.25) is 0 Å². The van der Waals surface area contributed by atoms with Crippen molar-refractivity contribution >= 4 is 45.8 Å². The Labute approximate surface area is 172 Å². The highest BCUT2D eigenvalue weighted by Gasteiger charge is 2.15. The zero-order chi connectivity index (χ0) is 18.8. The molecule has 136 valence electrons. The van der Waals surface area contributed by atoms with Gasteiger partial charge in [0, 0.05) is 10.6 Å². The predicted octanol–water partition coefficient (Wildman–Crippen LogP) is 6.74. The Balaban J connectivity index is 1.69. The van der Waals surface area contributed by atoms with Crippen LogP contribution in [0.15, 0.2) is 66.7 Å². The summed E-state index contributed by atoms with van der Waals surface area (Å²) in [6, 6.07) is 20.8. The van der Waals surface area contributed by atoms with E-state index in [4.69, 9.17) is 44.5 Å². The van der Waals surface area contributed by atoms with Gasteiger partial charge in [0.25, 0.3) is 0 Å². The molecule has 0 saturated carbocycles. The fourth-order valence-corrected chi connectivity index (χ4v) is 3.67. The van der Waals surface area contributed by atoms with E-state index in [2.05, 4.69) is 4.57 Å². The molecule has 0 aliphatic heterocycles. The van der Waals surface area contributed by atoms with Gasteiger partial charge in [0.1, 0.15) is 18.2 Å². The van der Waals surface area contributed by atoms with Crippen molar-refractivity contribution in [1.82, 2.24) is 9.55 Å². The van der Waals surface area contributed by atoms with Crippen molar-refractivity contribution < 1.29 is 4.74 Å². The molecule has 4 aromatic rings.